The summed E-state index contributed by atoms with van der Waals surface area (Å²) in [6.45, 7) is 7.26. The van der Waals surface area contributed by atoms with Gasteiger partial charge in [-0.2, -0.15) is 0 Å². The highest BCUT2D eigenvalue weighted by molar-refractivity contribution is 5.86. The number of aliphatic hydroxyl groups is 1. The molecule has 0 aliphatic heterocycles. The first kappa shape index (κ1) is 70.6. The van der Waals surface area contributed by atoms with Crippen LogP contribution in [0.3, 0.4) is 0 Å². The van der Waals surface area contributed by atoms with Crippen LogP contribution in [0.4, 0.5) is 0 Å². The highest BCUT2D eigenvalue weighted by atomic mass is 16.7. The molecule has 22 bridgehead atoms. The molecule has 1 N–H and O–H groups in total. The maximum atomic E-state index is 14.6. The fraction of sp³-hybridized carbons (Fsp3) is 0.904. The van der Waals surface area contributed by atoms with Crippen LogP contribution in [0.25, 0.3) is 0 Å². The number of carbonyl (C=O) groups excluding carboxylic acids is 8. The summed E-state index contributed by atoms with van der Waals surface area (Å²) in [7, 11) is 0. The minimum Gasteiger partial charge on any atom is -0.465 e. The number of hydrogen-bond acceptors (Lipinski definition) is 19. The van der Waals surface area contributed by atoms with Crippen molar-refractivity contribution in [3.05, 3.63) is 0 Å². The summed E-state index contributed by atoms with van der Waals surface area (Å²) < 4.78 is 60.7. The van der Waals surface area contributed by atoms with Crippen LogP contribution in [0.1, 0.15) is 221 Å². The third-order valence-corrected chi connectivity index (χ3v) is 33.7. The van der Waals surface area contributed by atoms with E-state index in [-0.39, 0.29) is 48.9 Å². The zero-order valence-electron chi connectivity index (χ0n) is 61.6. The second-order valence-corrected chi connectivity index (χ2v) is 39.4. The molecule has 22 saturated carbocycles. The van der Waals surface area contributed by atoms with Crippen molar-refractivity contribution in [3.63, 3.8) is 0 Å². The van der Waals surface area contributed by atoms with Gasteiger partial charge in [-0.15, -0.1) is 0 Å². The van der Waals surface area contributed by atoms with Crippen LogP contribution in [0.2, 0.25) is 0 Å². The van der Waals surface area contributed by atoms with Gasteiger partial charge in [-0.05, 0) is 343 Å². The van der Waals surface area contributed by atoms with Gasteiger partial charge in [0.1, 0.15) is 36.8 Å². The molecule has 19 nitrogen and oxygen atoms in total. The minimum atomic E-state index is -1.58. The van der Waals surface area contributed by atoms with E-state index in [4.69, 9.17) is 47.4 Å². The topological polar surface area (TPSA) is 249 Å². The normalized spacial score (nSPS) is 47.5. The lowest BCUT2D eigenvalue weighted by Gasteiger charge is -2.59. The maximum Gasteiger partial charge on any atom is 0.344 e. The Bertz CT molecular complexity index is 3000. The fourth-order valence-corrected chi connectivity index (χ4v) is 28.8. The molecule has 0 radical (unpaired) electrons. The number of fused-ring (bicyclic) bond motifs is 6. The Kier molecular flexibility index (Phi) is 18.8. The number of ether oxygens (including phenoxy) is 10. The lowest BCUT2D eigenvalue weighted by Crippen LogP contribution is -2.58. The Hall–Kier alpha value is -4.36. The smallest absolute Gasteiger partial charge is 0.344 e. The van der Waals surface area contributed by atoms with Gasteiger partial charge in [-0.1, -0.05) is 13.8 Å². The summed E-state index contributed by atoms with van der Waals surface area (Å²) in [5.41, 5.74) is -2.62. The lowest BCUT2D eigenvalue weighted by atomic mass is 9.46. The van der Waals surface area contributed by atoms with Crippen molar-refractivity contribution in [2.75, 3.05) is 53.0 Å². The molecule has 0 aromatic carbocycles. The van der Waals surface area contributed by atoms with Gasteiger partial charge < -0.3 is 52.5 Å². The van der Waals surface area contributed by atoms with Gasteiger partial charge in [-0.25, -0.2) is 14.4 Å². The molecular weight excluding hydrogens is 1300 g/mol. The summed E-state index contributed by atoms with van der Waals surface area (Å²) >= 11 is 0. The van der Waals surface area contributed by atoms with Gasteiger partial charge in [0.25, 0.3) is 0 Å². The molecule has 22 aliphatic carbocycles. The van der Waals surface area contributed by atoms with E-state index in [2.05, 4.69) is 20.8 Å². The van der Waals surface area contributed by atoms with E-state index in [1.807, 2.05) is 13.8 Å². The molecule has 22 rings (SSSR count). The van der Waals surface area contributed by atoms with E-state index in [9.17, 15) is 43.5 Å². The summed E-state index contributed by atoms with van der Waals surface area (Å²) in [5.74, 6) is 0.755. The molecular formula is C83H118O19. The van der Waals surface area contributed by atoms with Crippen LogP contribution in [0.5, 0.6) is 0 Å². The van der Waals surface area contributed by atoms with Crippen LogP contribution in [-0.4, -0.2) is 129 Å². The van der Waals surface area contributed by atoms with Crippen molar-refractivity contribution in [2.45, 2.75) is 244 Å². The van der Waals surface area contributed by atoms with Crippen LogP contribution in [-0.2, 0) is 85.7 Å². The van der Waals surface area contributed by atoms with E-state index >= 15 is 0 Å². The average molecular weight is 1420 g/mol. The molecule has 12 atom stereocenters. The monoisotopic (exact) mass is 1420 g/mol. The van der Waals surface area contributed by atoms with E-state index in [1.54, 1.807) is 32.1 Å². The van der Waals surface area contributed by atoms with Gasteiger partial charge in [-0.3, -0.25) is 24.0 Å². The summed E-state index contributed by atoms with van der Waals surface area (Å²) in [5, 5.41) is 11.4. The third-order valence-electron chi connectivity index (χ3n) is 33.7. The van der Waals surface area contributed by atoms with E-state index in [1.165, 1.54) is 19.3 Å². The minimum absolute atomic E-state index is 0.00684. The first-order valence-corrected chi connectivity index (χ1v) is 41.2. The molecule has 22 fully saturated rings. The highest BCUT2D eigenvalue weighted by Crippen LogP contribution is 2.65. The molecule has 0 aromatic rings. The van der Waals surface area contributed by atoms with Crippen LogP contribution >= 0.6 is 0 Å². The molecule has 0 heterocycles. The first-order valence-electron chi connectivity index (χ1n) is 41.2. The molecule has 0 aromatic heterocycles. The van der Waals surface area contributed by atoms with Crippen molar-refractivity contribution < 1.29 is 90.8 Å². The fourth-order valence-electron chi connectivity index (χ4n) is 28.8. The van der Waals surface area contributed by atoms with Crippen LogP contribution in [0.15, 0.2) is 0 Å². The zero-order chi connectivity index (χ0) is 70.5. The Balaban J connectivity index is 0.000000578. The number of carbonyl (C=O) groups is 8. The second-order valence-electron chi connectivity index (χ2n) is 39.4. The Labute approximate surface area is 603 Å². The van der Waals surface area contributed by atoms with Crippen molar-refractivity contribution in [1.29, 1.82) is 0 Å². The molecule has 19 heteroatoms. The summed E-state index contributed by atoms with van der Waals surface area (Å²) in [4.78, 5) is 112. The largest absolute Gasteiger partial charge is 0.465 e. The average Bonchev–Trinajstić information content (AvgIpc) is 1.39. The molecule has 0 saturated heterocycles. The Morgan fingerprint density at radius 3 is 0.902 bits per heavy atom. The molecule has 102 heavy (non-hydrogen) atoms. The van der Waals surface area contributed by atoms with Crippen molar-refractivity contribution in [3.8, 4) is 0 Å². The first-order chi connectivity index (χ1) is 48.9. The highest BCUT2D eigenvalue weighted by Gasteiger charge is 2.63. The molecule has 564 valence electrons. The van der Waals surface area contributed by atoms with Gasteiger partial charge >= 0.3 is 47.8 Å². The lowest BCUT2D eigenvalue weighted by molar-refractivity contribution is -0.209. The second kappa shape index (κ2) is 27.1. The predicted molar refractivity (Wildman–Crippen MR) is 365 cm³/mol. The standard InChI is InChI=1S/C71H98O19.C12H20/c1-68(48-13-36-10-37(15-48)16-49(68)14-36)88-54(73)28-82-63(76)57-42-4-6-44(25-42)59(57)65(78)85-33-71(31-72,32-81-35-87-62-47-9-8-46(27-47)61(62)67(80)84-30-56(75)90-70(3)52-21-40-12-41(23-52)24-53(70)22-40)34-86-66(79)60-45-7-5-43(26-45)58(60)64(77)83-29-55(74)89-69(2)50-17-38-11-39(19-50)20-51(69)18-38;1-12(2)10-4-8-3-9(6-10)7-11(12)5-8/h36-53,57-62,72H,4-35H2,1-3H3;8-11H,3-7H2,1-2H3. The van der Waals surface area contributed by atoms with E-state index < -0.39 is 145 Å². The van der Waals surface area contributed by atoms with Gasteiger partial charge in [0, 0.05) is 0 Å². The maximum absolute atomic E-state index is 14.6. The molecule has 0 amide bonds. The Morgan fingerprint density at radius 1 is 0.324 bits per heavy atom. The van der Waals surface area contributed by atoms with Crippen molar-refractivity contribution in [2.24, 2.45) is 171 Å². The number of esters is 8. The predicted octanol–water partition coefficient (Wildman–Crippen LogP) is 12.2. The molecule has 22 aliphatic rings. The van der Waals surface area contributed by atoms with E-state index in [0.717, 1.165) is 120 Å². The summed E-state index contributed by atoms with van der Waals surface area (Å²) in [6, 6.07) is 0. The van der Waals surface area contributed by atoms with Crippen molar-refractivity contribution in [1.82, 2.24) is 0 Å². The zero-order valence-corrected chi connectivity index (χ0v) is 61.6. The van der Waals surface area contributed by atoms with Gasteiger partial charge in [0.15, 0.2) is 19.8 Å². The molecule has 0 spiro atoms. The third kappa shape index (κ3) is 12.7. The molecule has 12 unspecified atom stereocenters. The van der Waals surface area contributed by atoms with Gasteiger partial charge in [0.05, 0.1) is 54.3 Å². The van der Waals surface area contributed by atoms with Crippen molar-refractivity contribution >= 4 is 47.8 Å². The van der Waals surface area contributed by atoms with E-state index in [0.29, 0.717) is 115 Å². The Morgan fingerprint density at radius 2 is 0.588 bits per heavy atom. The van der Waals surface area contributed by atoms with Crippen LogP contribution in [0, 0.1) is 171 Å². The number of rotatable bonds is 24. The quantitative estimate of drug-likeness (QED) is 0.0408. The number of hydrogen-bond donors (Lipinski definition) is 1. The van der Waals surface area contributed by atoms with Gasteiger partial charge in [0.2, 0.25) is 0 Å². The van der Waals surface area contributed by atoms with Crippen LogP contribution < -0.4 is 0 Å². The SMILES string of the molecule is CC1(C)C2CC3CC(C2)CC1C3.CC1(OC(=O)COC(=O)C2C3CCC(C3)C2OCOCC(CO)(COC(=O)C2C3CCC(C3)C2C(=O)OCC(=O)OC2(C)C3CC4CC(C3)CC2C4)COC(=O)C2C3CCC(C3)C2C(=O)OCC(=O)OC2(C)C3CC4CC(C3)CC2C4)C2CC3CC(C2)CC1C3. The summed E-state index contributed by atoms with van der Waals surface area (Å²) in [6.07, 6.45) is 30.2. The number of aliphatic hydroxyl groups excluding tert-OH is 1.